The summed E-state index contributed by atoms with van der Waals surface area (Å²) in [4.78, 5) is 30.4. The van der Waals surface area contributed by atoms with Crippen molar-refractivity contribution in [1.82, 2.24) is 24.3 Å². The van der Waals surface area contributed by atoms with Gasteiger partial charge in [-0.3, -0.25) is 14.3 Å². The van der Waals surface area contributed by atoms with Crippen LogP contribution in [0, 0.1) is 12.8 Å². The number of aromatic nitrogens is 5. The van der Waals surface area contributed by atoms with Crippen LogP contribution in [-0.4, -0.2) is 24.3 Å². The van der Waals surface area contributed by atoms with Gasteiger partial charge in [-0.2, -0.15) is 5.10 Å². The molecule has 0 saturated heterocycles. The lowest BCUT2D eigenvalue weighted by atomic mass is 10.1. The molecule has 0 aliphatic rings. The Labute approximate surface area is 135 Å². The summed E-state index contributed by atoms with van der Waals surface area (Å²) < 4.78 is 3.32. The maximum absolute atomic E-state index is 12.0. The molecule has 0 aliphatic heterocycles. The zero-order valence-electron chi connectivity index (χ0n) is 14.7. The second-order valence-corrected chi connectivity index (χ2v) is 7.32. The van der Waals surface area contributed by atoms with E-state index in [9.17, 15) is 9.59 Å². The van der Waals surface area contributed by atoms with Crippen molar-refractivity contribution < 1.29 is 0 Å². The quantitative estimate of drug-likeness (QED) is 0.924. The average molecular weight is 319 g/mol. The van der Waals surface area contributed by atoms with Crippen molar-refractivity contribution in [3.05, 3.63) is 44.2 Å². The molecular weight excluding hydrogens is 294 g/mol. The predicted molar refractivity (Wildman–Crippen MR) is 88.7 cm³/mol. The summed E-state index contributed by atoms with van der Waals surface area (Å²) in [6.07, 6.45) is 2.35. The first-order valence-electron chi connectivity index (χ1n) is 7.83. The van der Waals surface area contributed by atoms with E-state index in [-0.39, 0.29) is 17.6 Å². The molecule has 2 aromatic rings. The van der Waals surface area contributed by atoms with E-state index in [1.54, 1.807) is 13.1 Å². The molecular formula is C16H25N5O2. The van der Waals surface area contributed by atoms with Crippen LogP contribution < -0.4 is 11.2 Å². The van der Waals surface area contributed by atoms with Gasteiger partial charge in [0.05, 0.1) is 12.1 Å². The Bertz CT molecular complexity index is 805. The minimum atomic E-state index is -0.436. The fourth-order valence-corrected chi connectivity index (χ4v) is 2.37. The highest BCUT2D eigenvalue weighted by molar-refractivity contribution is 5.04. The second kappa shape index (κ2) is 6.14. The van der Waals surface area contributed by atoms with Gasteiger partial charge < -0.3 is 0 Å². The number of H-pyrrole nitrogens is 1. The average Bonchev–Trinajstić information content (AvgIpc) is 2.77. The van der Waals surface area contributed by atoms with Gasteiger partial charge in [-0.1, -0.05) is 13.8 Å². The van der Waals surface area contributed by atoms with E-state index >= 15 is 0 Å². The van der Waals surface area contributed by atoms with Gasteiger partial charge in [-0.15, -0.1) is 0 Å². The van der Waals surface area contributed by atoms with E-state index in [2.05, 4.69) is 28.9 Å². The van der Waals surface area contributed by atoms with Crippen molar-refractivity contribution in [2.24, 2.45) is 5.92 Å². The molecule has 0 aliphatic carbocycles. The normalized spacial score (nSPS) is 12.1. The third-order valence-corrected chi connectivity index (χ3v) is 3.45. The predicted octanol–water partition coefficient (Wildman–Crippen LogP) is 1.44. The Morgan fingerprint density at radius 2 is 1.91 bits per heavy atom. The molecule has 0 atom stereocenters. The lowest BCUT2D eigenvalue weighted by Gasteiger charge is -2.21. The van der Waals surface area contributed by atoms with E-state index in [4.69, 9.17) is 0 Å². The first-order valence-corrected chi connectivity index (χ1v) is 7.83. The fourth-order valence-electron chi connectivity index (χ4n) is 2.37. The standard InChI is InChI=1S/C16H25N5O2/c1-10(2)7-12-17-13(21(19-12)16(4,5)6)9-20-8-11(3)14(22)18-15(20)23/h8,10H,7,9H2,1-6H3,(H,18,22,23). The van der Waals surface area contributed by atoms with E-state index < -0.39 is 5.69 Å². The minimum Gasteiger partial charge on any atom is -0.293 e. The molecule has 0 bridgehead atoms. The maximum Gasteiger partial charge on any atom is 0.328 e. The SMILES string of the molecule is Cc1cn(Cc2nc(CC(C)C)nn2C(C)(C)C)c(=O)[nH]c1=O. The van der Waals surface area contributed by atoms with Crippen LogP contribution in [0.4, 0.5) is 0 Å². The molecule has 2 heterocycles. The lowest BCUT2D eigenvalue weighted by Crippen LogP contribution is -2.33. The largest absolute Gasteiger partial charge is 0.328 e. The zero-order valence-corrected chi connectivity index (χ0v) is 14.7. The van der Waals surface area contributed by atoms with Crippen LogP contribution in [0.25, 0.3) is 0 Å². The van der Waals surface area contributed by atoms with Gasteiger partial charge in [0.25, 0.3) is 5.56 Å². The Hall–Kier alpha value is -2.18. The molecule has 0 amide bonds. The number of hydrogen-bond donors (Lipinski definition) is 1. The van der Waals surface area contributed by atoms with Gasteiger partial charge in [0.15, 0.2) is 5.82 Å². The number of rotatable bonds is 4. The summed E-state index contributed by atoms with van der Waals surface area (Å²) in [6, 6.07) is 0. The molecule has 2 aromatic heterocycles. The van der Waals surface area contributed by atoms with Crippen molar-refractivity contribution in [3.63, 3.8) is 0 Å². The third kappa shape index (κ3) is 3.97. The zero-order chi connectivity index (χ0) is 17.4. The van der Waals surface area contributed by atoms with Crippen molar-refractivity contribution in [3.8, 4) is 0 Å². The van der Waals surface area contributed by atoms with Crippen LogP contribution in [0.3, 0.4) is 0 Å². The molecule has 0 fully saturated rings. The van der Waals surface area contributed by atoms with E-state index in [0.29, 0.717) is 17.3 Å². The smallest absolute Gasteiger partial charge is 0.293 e. The van der Waals surface area contributed by atoms with Gasteiger partial charge in [0, 0.05) is 18.2 Å². The molecule has 0 saturated carbocycles. The van der Waals surface area contributed by atoms with Crippen molar-refractivity contribution in [2.75, 3.05) is 0 Å². The van der Waals surface area contributed by atoms with Crippen molar-refractivity contribution >= 4 is 0 Å². The number of aryl methyl sites for hydroxylation is 1. The lowest BCUT2D eigenvalue weighted by molar-refractivity contribution is 0.335. The summed E-state index contributed by atoms with van der Waals surface area (Å²) >= 11 is 0. The van der Waals surface area contributed by atoms with Crippen LogP contribution >= 0.6 is 0 Å². The summed E-state index contributed by atoms with van der Waals surface area (Å²) in [7, 11) is 0. The van der Waals surface area contributed by atoms with Crippen molar-refractivity contribution in [2.45, 2.75) is 60.0 Å². The van der Waals surface area contributed by atoms with Crippen LogP contribution in [0.1, 0.15) is 51.8 Å². The summed E-state index contributed by atoms with van der Waals surface area (Å²) in [6.45, 7) is 12.3. The number of aromatic amines is 1. The van der Waals surface area contributed by atoms with Crippen LogP contribution in [0.2, 0.25) is 0 Å². The summed E-state index contributed by atoms with van der Waals surface area (Å²) in [5.74, 6) is 1.94. The topological polar surface area (TPSA) is 85.6 Å². The third-order valence-electron chi connectivity index (χ3n) is 3.45. The fraction of sp³-hybridized carbons (Fsp3) is 0.625. The maximum atomic E-state index is 12.0. The van der Waals surface area contributed by atoms with Gasteiger partial charge in [-0.25, -0.2) is 14.5 Å². The molecule has 0 aromatic carbocycles. The summed E-state index contributed by atoms with van der Waals surface area (Å²) in [5, 5.41) is 4.61. The van der Waals surface area contributed by atoms with Gasteiger partial charge >= 0.3 is 5.69 Å². The minimum absolute atomic E-state index is 0.238. The molecule has 126 valence electrons. The first-order chi connectivity index (χ1) is 10.6. The number of nitrogens with zero attached hydrogens (tertiary/aromatic N) is 4. The van der Waals surface area contributed by atoms with Crippen LogP contribution in [0.15, 0.2) is 15.8 Å². The molecule has 23 heavy (non-hydrogen) atoms. The summed E-state index contributed by atoms with van der Waals surface area (Å²) in [5.41, 5.74) is -0.536. The number of hydrogen-bond acceptors (Lipinski definition) is 4. The highest BCUT2D eigenvalue weighted by Gasteiger charge is 2.22. The Balaban J connectivity index is 2.46. The Morgan fingerprint density at radius 3 is 2.48 bits per heavy atom. The molecule has 2 rings (SSSR count). The Kier molecular flexibility index (Phi) is 4.58. The van der Waals surface area contributed by atoms with E-state index in [1.165, 1.54) is 4.57 Å². The monoisotopic (exact) mass is 319 g/mol. The number of nitrogens with one attached hydrogen (secondary N) is 1. The van der Waals surface area contributed by atoms with Crippen LogP contribution in [0.5, 0.6) is 0 Å². The van der Waals surface area contributed by atoms with Gasteiger partial charge in [0.2, 0.25) is 0 Å². The van der Waals surface area contributed by atoms with Gasteiger partial charge in [0.1, 0.15) is 5.82 Å². The molecule has 7 nitrogen and oxygen atoms in total. The molecule has 1 N–H and O–H groups in total. The van der Waals surface area contributed by atoms with Gasteiger partial charge in [-0.05, 0) is 33.6 Å². The molecule has 0 spiro atoms. The highest BCUT2D eigenvalue weighted by Crippen LogP contribution is 2.17. The van der Waals surface area contributed by atoms with E-state index in [0.717, 1.165) is 12.2 Å². The molecule has 0 radical (unpaired) electrons. The Morgan fingerprint density at radius 1 is 1.26 bits per heavy atom. The van der Waals surface area contributed by atoms with E-state index in [1.807, 2.05) is 25.5 Å². The molecule has 7 heteroatoms. The first kappa shape index (κ1) is 17.2. The van der Waals surface area contributed by atoms with Crippen molar-refractivity contribution in [1.29, 1.82) is 0 Å². The highest BCUT2D eigenvalue weighted by atomic mass is 16.2. The molecule has 0 unspecified atom stereocenters. The van der Waals surface area contributed by atoms with Crippen LogP contribution in [-0.2, 0) is 18.5 Å². The second-order valence-electron chi connectivity index (χ2n) is 7.32.